The molecule has 3 rings (SSSR count). The number of hydrogen-bond acceptors (Lipinski definition) is 3. The Morgan fingerprint density at radius 3 is 2.36 bits per heavy atom. The summed E-state index contributed by atoms with van der Waals surface area (Å²) in [5.74, 6) is 1.01. The first-order valence-corrected chi connectivity index (χ1v) is 9.16. The van der Waals surface area contributed by atoms with Gasteiger partial charge in [0.2, 0.25) is 5.91 Å². The van der Waals surface area contributed by atoms with Gasteiger partial charge in [-0.3, -0.25) is 4.79 Å². The maximum atomic E-state index is 12.6. The summed E-state index contributed by atoms with van der Waals surface area (Å²) in [7, 11) is 2.01. The van der Waals surface area contributed by atoms with Crippen LogP contribution in [0.5, 0.6) is 0 Å². The largest absolute Gasteiger partial charge is 0.373 e. The number of anilines is 2. The normalized spacial score (nSPS) is 22.5. The Kier molecular flexibility index (Phi) is 5.16. The fraction of sp³-hybridized carbons (Fsp3) is 0.579. The molecule has 6 heteroatoms. The minimum atomic E-state index is -0.0937. The third-order valence-electron chi connectivity index (χ3n) is 5.34. The average molecular weight is 344 g/mol. The summed E-state index contributed by atoms with van der Waals surface area (Å²) in [6.45, 7) is 7.51. The minimum Gasteiger partial charge on any atom is -0.373 e. The van der Waals surface area contributed by atoms with Crippen molar-refractivity contribution >= 4 is 23.3 Å². The van der Waals surface area contributed by atoms with Crippen LogP contribution in [0.3, 0.4) is 0 Å². The highest BCUT2D eigenvalue weighted by Crippen LogP contribution is 2.39. The number of urea groups is 1. The van der Waals surface area contributed by atoms with Gasteiger partial charge in [-0.2, -0.15) is 0 Å². The van der Waals surface area contributed by atoms with Gasteiger partial charge in [0, 0.05) is 45.7 Å². The van der Waals surface area contributed by atoms with E-state index >= 15 is 0 Å². The van der Waals surface area contributed by atoms with Crippen LogP contribution in [0.15, 0.2) is 24.3 Å². The molecule has 0 bridgehead atoms. The van der Waals surface area contributed by atoms with Crippen molar-refractivity contribution in [3.63, 3.8) is 0 Å². The molecule has 0 aromatic heterocycles. The smallest absolute Gasteiger partial charge is 0.322 e. The van der Waals surface area contributed by atoms with E-state index in [2.05, 4.69) is 24.1 Å². The summed E-state index contributed by atoms with van der Waals surface area (Å²) in [4.78, 5) is 30.7. The van der Waals surface area contributed by atoms with Crippen LogP contribution in [-0.4, -0.2) is 61.5 Å². The molecule has 2 aliphatic rings. The van der Waals surface area contributed by atoms with Crippen LogP contribution >= 0.6 is 0 Å². The standard InChI is InChI=1S/C19H28N4O2/c1-4-21(3)17-8-6-5-7-16(17)20-19(25)23-11-9-22(10-12-23)18(24)15-13-14(15)2/h5-8,14-15H,4,9-13H2,1-3H3,(H,20,25)/t14-,15+/m0/s1. The van der Waals surface area contributed by atoms with Crippen LogP contribution in [0.2, 0.25) is 0 Å². The first-order valence-electron chi connectivity index (χ1n) is 9.16. The third kappa shape index (κ3) is 3.89. The quantitative estimate of drug-likeness (QED) is 0.913. The van der Waals surface area contributed by atoms with Gasteiger partial charge in [-0.1, -0.05) is 19.1 Å². The highest BCUT2D eigenvalue weighted by atomic mass is 16.2. The van der Waals surface area contributed by atoms with Crippen molar-refractivity contribution in [3.05, 3.63) is 24.3 Å². The molecule has 25 heavy (non-hydrogen) atoms. The van der Waals surface area contributed by atoms with Crippen molar-refractivity contribution < 1.29 is 9.59 Å². The molecular weight excluding hydrogens is 316 g/mol. The van der Waals surface area contributed by atoms with E-state index in [9.17, 15) is 9.59 Å². The molecule has 1 saturated carbocycles. The molecule has 3 amide bonds. The first-order chi connectivity index (χ1) is 12.0. The second-order valence-electron chi connectivity index (χ2n) is 7.09. The molecule has 1 aliphatic carbocycles. The molecule has 136 valence electrons. The van der Waals surface area contributed by atoms with Gasteiger partial charge in [0.1, 0.15) is 0 Å². The molecule has 1 aromatic rings. The predicted octanol–water partition coefficient (Wildman–Crippen LogP) is 2.47. The van der Waals surface area contributed by atoms with E-state index < -0.39 is 0 Å². The highest BCUT2D eigenvalue weighted by molar-refractivity contribution is 5.93. The van der Waals surface area contributed by atoms with Gasteiger partial charge in [-0.15, -0.1) is 0 Å². The Bertz CT molecular complexity index is 640. The number of carbonyl (C=O) groups excluding carboxylic acids is 2. The van der Waals surface area contributed by atoms with Crippen molar-refractivity contribution in [2.45, 2.75) is 20.3 Å². The fourth-order valence-corrected chi connectivity index (χ4v) is 3.31. The van der Waals surface area contributed by atoms with Crippen molar-refractivity contribution in [1.29, 1.82) is 0 Å². The average Bonchev–Trinajstić information content (AvgIpc) is 3.37. The van der Waals surface area contributed by atoms with E-state index in [-0.39, 0.29) is 17.9 Å². The number of hydrogen-bond donors (Lipinski definition) is 1. The maximum Gasteiger partial charge on any atom is 0.322 e. The molecule has 6 nitrogen and oxygen atoms in total. The zero-order chi connectivity index (χ0) is 18.0. The summed E-state index contributed by atoms with van der Waals surface area (Å²) in [6, 6.07) is 7.74. The van der Waals surface area contributed by atoms with E-state index in [1.54, 1.807) is 4.90 Å². The van der Waals surface area contributed by atoms with Crippen molar-refractivity contribution in [2.75, 3.05) is 50.0 Å². The van der Waals surface area contributed by atoms with Crippen molar-refractivity contribution in [2.24, 2.45) is 11.8 Å². The van der Waals surface area contributed by atoms with Gasteiger partial charge in [0.15, 0.2) is 0 Å². The molecule has 0 radical (unpaired) electrons. The molecule has 1 saturated heterocycles. The zero-order valence-corrected chi connectivity index (χ0v) is 15.4. The molecule has 1 aliphatic heterocycles. The Hall–Kier alpha value is -2.24. The van der Waals surface area contributed by atoms with Crippen LogP contribution in [0, 0.1) is 11.8 Å². The molecule has 1 heterocycles. The Balaban J connectivity index is 1.56. The van der Waals surface area contributed by atoms with E-state index in [1.165, 1.54) is 0 Å². The minimum absolute atomic E-state index is 0.0937. The van der Waals surface area contributed by atoms with Crippen LogP contribution in [-0.2, 0) is 4.79 Å². The molecular formula is C19H28N4O2. The van der Waals surface area contributed by atoms with Crippen LogP contribution in [0.4, 0.5) is 16.2 Å². The third-order valence-corrected chi connectivity index (χ3v) is 5.34. The lowest BCUT2D eigenvalue weighted by atomic mass is 10.2. The number of amides is 3. The predicted molar refractivity (Wildman–Crippen MR) is 99.8 cm³/mol. The van der Waals surface area contributed by atoms with Crippen LogP contribution in [0.25, 0.3) is 0 Å². The summed E-state index contributed by atoms with van der Waals surface area (Å²) < 4.78 is 0. The maximum absolute atomic E-state index is 12.6. The van der Waals surface area contributed by atoms with Crippen molar-refractivity contribution in [3.8, 4) is 0 Å². The monoisotopic (exact) mass is 344 g/mol. The number of rotatable bonds is 4. The van der Waals surface area contributed by atoms with E-state index in [4.69, 9.17) is 0 Å². The number of nitrogens with zero attached hydrogens (tertiary/aromatic N) is 3. The topological polar surface area (TPSA) is 55.9 Å². The summed E-state index contributed by atoms with van der Waals surface area (Å²) in [6.07, 6.45) is 1.02. The lowest BCUT2D eigenvalue weighted by Crippen LogP contribution is -2.52. The first kappa shape index (κ1) is 17.6. The Labute approximate surface area is 149 Å². The van der Waals surface area contributed by atoms with Gasteiger partial charge < -0.3 is 20.0 Å². The van der Waals surface area contributed by atoms with E-state index in [0.717, 1.165) is 24.3 Å². The number of para-hydroxylation sites is 2. The second-order valence-corrected chi connectivity index (χ2v) is 7.09. The molecule has 1 N–H and O–H groups in total. The highest BCUT2D eigenvalue weighted by Gasteiger charge is 2.42. The van der Waals surface area contributed by atoms with Gasteiger partial charge in [-0.05, 0) is 31.4 Å². The Morgan fingerprint density at radius 1 is 1.16 bits per heavy atom. The fourth-order valence-electron chi connectivity index (χ4n) is 3.31. The number of nitrogens with one attached hydrogen (secondary N) is 1. The lowest BCUT2D eigenvalue weighted by molar-refractivity contribution is -0.134. The van der Waals surface area contributed by atoms with Gasteiger partial charge in [-0.25, -0.2) is 4.79 Å². The molecule has 0 unspecified atom stereocenters. The van der Waals surface area contributed by atoms with Crippen LogP contribution < -0.4 is 10.2 Å². The molecule has 2 fully saturated rings. The molecule has 1 aromatic carbocycles. The number of piperazine rings is 1. The van der Waals surface area contributed by atoms with Gasteiger partial charge in [0.05, 0.1) is 11.4 Å². The SMILES string of the molecule is CCN(C)c1ccccc1NC(=O)N1CCN(C(=O)[C@@H]2C[C@@H]2C)CC1. The zero-order valence-electron chi connectivity index (χ0n) is 15.4. The summed E-state index contributed by atoms with van der Waals surface area (Å²) in [5.41, 5.74) is 1.83. The molecule has 2 atom stereocenters. The van der Waals surface area contributed by atoms with E-state index in [1.807, 2.05) is 36.2 Å². The molecule has 0 spiro atoms. The Morgan fingerprint density at radius 2 is 1.76 bits per heavy atom. The second kappa shape index (κ2) is 7.33. The van der Waals surface area contributed by atoms with Gasteiger partial charge >= 0.3 is 6.03 Å². The number of carbonyl (C=O) groups is 2. The van der Waals surface area contributed by atoms with Crippen LogP contribution in [0.1, 0.15) is 20.3 Å². The summed E-state index contributed by atoms with van der Waals surface area (Å²) >= 11 is 0. The van der Waals surface area contributed by atoms with Gasteiger partial charge in [0.25, 0.3) is 0 Å². The lowest BCUT2D eigenvalue weighted by Gasteiger charge is -2.35. The summed E-state index contributed by atoms with van der Waals surface area (Å²) in [5, 5.41) is 3.02. The van der Waals surface area contributed by atoms with Crippen molar-refractivity contribution in [1.82, 2.24) is 9.80 Å². The van der Waals surface area contributed by atoms with E-state index in [0.29, 0.717) is 32.1 Å². The number of benzene rings is 1.